The second-order valence-corrected chi connectivity index (χ2v) is 4.23. The Morgan fingerprint density at radius 2 is 1.83 bits per heavy atom. The van der Waals surface area contributed by atoms with Crippen molar-refractivity contribution in [1.29, 1.82) is 0 Å². The van der Waals surface area contributed by atoms with Crippen molar-refractivity contribution in [3.63, 3.8) is 0 Å². The molecule has 0 spiro atoms. The first-order chi connectivity index (χ1) is 8.83. The molecule has 0 aliphatic rings. The van der Waals surface area contributed by atoms with E-state index in [1.165, 1.54) is 16.7 Å². The van der Waals surface area contributed by atoms with Crippen LogP contribution in [0.2, 0.25) is 0 Å². The van der Waals surface area contributed by atoms with E-state index in [-0.39, 0.29) is 0 Å². The van der Waals surface area contributed by atoms with Crippen LogP contribution in [0.1, 0.15) is 23.6 Å². The molecule has 0 fully saturated rings. The molecule has 0 heterocycles. The summed E-state index contributed by atoms with van der Waals surface area (Å²) < 4.78 is 5.47. The van der Waals surface area contributed by atoms with Crippen LogP contribution in [0.25, 0.3) is 6.08 Å². The van der Waals surface area contributed by atoms with E-state index >= 15 is 0 Å². The minimum Gasteiger partial charge on any atom is -0.496 e. The molecule has 1 heteroatoms. The highest BCUT2D eigenvalue weighted by Gasteiger charge is 2.04. The van der Waals surface area contributed by atoms with Gasteiger partial charge in [-0.05, 0) is 29.7 Å². The molecule has 0 amide bonds. The zero-order valence-corrected chi connectivity index (χ0v) is 10.9. The van der Waals surface area contributed by atoms with E-state index in [2.05, 4.69) is 48.5 Å². The molecular weight excluding hydrogens is 220 g/mol. The fourth-order valence-corrected chi connectivity index (χ4v) is 2.02. The Hall–Kier alpha value is -2.02. The largest absolute Gasteiger partial charge is 0.496 e. The third-order valence-electron chi connectivity index (χ3n) is 2.91. The molecule has 92 valence electrons. The summed E-state index contributed by atoms with van der Waals surface area (Å²) in [6.07, 6.45) is 5.01. The van der Waals surface area contributed by atoms with E-state index in [4.69, 9.17) is 4.74 Å². The molecule has 0 aliphatic carbocycles. The molecule has 18 heavy (non-hydrogen) atoms. The van der Waals surface area contributed by atoms with E-state index in [1.54, 1.807) is 7.11 Å². The fraction of sp³-hybridized carbons (Fsp3) is 0.176. The third-order valence-corrected chi connectivity index (χ3v) is 2.91. The Morgan fingerprint density at radius 3 is 2.50 bits per heavy atom. The molecule has 0 N–H and O–H groups in total. The van der Waals surface area contributed by atoms with Crippen LogP contribution in [0, 0.1) is 0 Å². The molecule has 2 aromatic rings. The van der Waals surface area contributed by atoms with Crippen LogP contribution in [0.15, 0.2) is 54.6 Å². The number of allylic oxidation sites excluding steroid dienone is 1. The molecule has 0 saturated heterocycles. The predicted octanol–water partition coefficient (Wildman–Crippen LogP) is 4.32. The molecule has 1 nitrogen and oxygen atoms in total. The summed E-state index contributed by atoms with van der Waals surface area (Å²) in [7, 11) is 1.73. The van der Waals surface area contributed by atoms with Crippen LogP contribution >= 0.6 is 0 Å². The highest BCUT2D eigenvalue weighted by atomic mass is 16.5. The summed E-state index contributed by atoms with van der Waals surface area (Å²) in [4.78, 5) is 0. The zero-order chi connectivity index (χ0) is 12.8. The van der Waals surface area contributed by atoms with Crippen molar-refractivity contribution in [2.75, 3.05) is 7.11 Å². The van der Waals surface area contributed by atoms with Gasteiger partial charge in [0.2, 0.25) is 0 Å². The summed E-state index contributed by atoms with van der Waals surface area (Å²) in [5.74, 6) is 0.953. The molecule has 0 saturated carbocycles. The molecule has 0 bridgehead atoms. The first-order valence-corrected chi connectivity index (χ1v) is 6.17. The average molecular weight is 238 g/mol. The summed E-state index contributed by atoms with van der Waals surface area (Å²) in [6.45, 7) is 2.02. The summed E-state index contributed by atoms with van der Waals surface area (Å²) in [5, 5.41) is 0. The lowest BCUT2D eigenvalue weighted by Crippen LogP contribution is -1.94. The van der Waals surface area contributed by atoms with Gasteiger partial charge in [0.1, 0.15) is 5.75 Å². The van der Waals surface area contributed by atoms with Crippen molar-refractivity contribution in [3.05, 3.63) is 71.3 Å². The summed E-state index contributed by atoms with van der Waals surface area (Å²) >= 11 is 0. The van der Waals surface area contributed by atoms with Crippen molar-refractivity contribution < 1.29 is 4.74 Å². The average Bonchev–Trinajstić information content (AvgIpc) is 2.42. The van der Waals surface area contributed by atoms with Crippen molar-refractivity contribution in [2.24, 2.45) is 0 Å². The smallest absolute Gasteiger partial charge is 0.122 e. The Morgan fingerprint density at radius 1 is 1.06 bits per heavy atom. The second kappa shape index (κ2) is 6.06. The lowest BCUT2D eigenvalue weighted by atomic mass is 10.0. The van der Waals surface area contributed by atoms with E-state index in [0.29, 0.717) is 0 Å². The van der Waals surface area contributed by atoms with Crippen LogP contribution < -0.4 is 4.74 Å². The van der Waals surface area contributed by atoms with Gasteiger partial charge in [-0.1, -0.05) is 54.6 Å². The molecule has 0 unspecified atom stereocenters. The number of methoxy groups -OCH3 is 1. The quantitative estimate of drug-likeness (QED) is 0.770. The Labute approximate surface area is 109 Å². The van der Waals surface area contributed by atoms with Crippen LogP contribution in [-0.2, 0) is 6.42 Å². The van der Waals surface area contributed by atoms with Crippen molar-refractivity contribution in [2.45, 2.75) is 13.3 Å². The lowest BCUT2D eigenvalue weighted by molar-refractivity contribution is 0.410. The maximum Gasteiger partial charge on any atom is 0.122 e. The van der Waals surface area contributed by atoms with E-state index in [9.17, 15) is 0 Å². The molecular formula is C17H18O. The van der Waals surface area contributed by atoms with Crippen LogP contribution in [0.5, 0.6) is 5.75 Å². The van der Waals surface area contributed by atoms with Crippen molar-refractivity contribution >= 4 is 6.08 Å². The van der Waals surface area contributed by atoms with Gasteiger partial charge in [0.15, 0.2) is 0 Å². The van der Waals surface area contributed by atoms with Gasteiger partial charge in [-0.3, -0.25) is 0 Å². The first kappa shape index (κ1) is 12.4. The van der Waals surface area contributed by atoms with Crippen molar-refractivity contribution in [1.82, 2.24) is 0 Å². The normalized spacial score (nSPS) is 10.8. The standard InChI is InChI=1S/C17H18O/c1-3-7-14-10-11-16(17(13-14)18-2)12-15-8-5-4-6-9-15/h3-11,13H,12H2,1-2H3/b7-3+. The molecule has 0 aromatic heterocycles. The molecule has 0 atom stereocenters. The number of rotatable bonds is 4. The number of hydrogen-bond acceptors (Lipinski definition) is 1. The topological polar surface area (TPSA) is 9.23 Å². The van der Waals surface area contributed by atoms with Gasteiger partial charge in [0.25, 0.3) is 0 Å². The van der Waals surface area contributed by atoms with Gasteiger partial charge in [-0.25, -0.2) is 0 Å². The maximum absolute atomic E-state index is 5.47. The summed E-state index contributed by atoms with van der Waals surface area (Å²) in [5.41, 5.74) is 3.69. The Bertz CT molecular complexity index is 527. The van der Waals surface area contributed by atoms with Gasteiger partial charge in [0, 0.05) is 6.42 Å². The van der Waals surface area contributed by atoms with Crippen molar-refractivity contribution in [3.8, 4) is 5.75 Å². The first-order valence-electron chi connectivity index (χ1n) is 6.17. The van der Waals surface area contributed by atoms with E-state index < -0.39 is 0 Å². The van der Waals surface area contributed by atoms with E-state index in [1.807, 2.05) is 19.1 Å². The molecule has 2 aromatic carbocycles. The fourth-order valence-electron chi connectivity index (χ4n) is 2.02. The lowest BCUT2D eigenvalue weighted by Gasteiger charge is -2.09. The van der Waals surface area contributed by atoms with Gasteiger partial charge < -0.3 is 4.74 Å². The summed E-state index contributed by atoms with van der Waals surface area (Å²) in [6, 6.07) is 16.8. The highest BCUT2D eigenvalue weighted by Crippen LogP contribution is 2.23. The number of benzene rings is 2. The minimum atomic E-state index is 0.903. The zero-order valence-electron chi connectivity index (χ0n) is 10.9. The predicted molar refractivity (Wildman–Crippen MR) is 77.0 cm³/mol. The SMILES string of the molecule is C/C=C/c1ccc(Cc2ccccc2)c(OC)c1. The highest BCUT2D eigenvalue weighted by molar-refractivity contribution is 5.54. The van der Waals surface area contributed by atoms with Gasteiger partial charge >= 0.3 is 0 Å². The third kappa shape index (κ3) is 3.01. The van der Waals surface area contributed by atoms with Gasteiger partial charge in [-0.15, -0.1) is 0 Å². The second-order valence-electron chi connectivity index (χ2n) is 4.23. The van der Waals surface area contributed by atoms with E-state index in [0.717, 1.165) is 12.2 Å². The monoisotopic (exact) mass is 238 g/mol. The van der Waals surface area contributed by atoms with Gasteiger partial charge in [-0.2, -0.15) is 0 Å². The van der Waals surface area contributed by atoms with Gasteiger partial charge in [0.05, 0.1) is 7.11 Å². The Balaban J connectivity index is 2.28. The molecule has 0 aliphatic heterocycles. The Kier molecular flexibility index (Phi) is 4.19. The van der Waals surface area contributed by atoms with Crippen LogP contribution in [0.4, 0.5) is 0 Å². The maximum atomic E-state index is 5.47. The minimum absolute atomic E-state index is 0.903. The van der Waals surface area contributed by atoms with Crippen LogP contribution in [-0.4, -0.2) is 7.11 Å². The van der Waals surface area contributed by atoms with Crippen LogP contribution in [0.3, 0.4) is 0 Å². The molecule has 0 radical (unpaired) electrons. The molecule has 2 rings (SSSR count). The number of hydrogen-bond donors (Lipinski definition) is 0. The number of ether oxygens (including phenoxy) is 1.